The summed E-state index contributed by atoms with van der Waals surface area (Å²) in [5, 5.41) is 15.6. The third kappa shape index (κ3) is 7.22. The summed E-state index contributed by atoms with van der Waals surface area (Å²) in [6, 6.07) is 20.1. The van der Waals surface area contributed by atoms with Crippen LogP contribution in [-0.2, 0) is 10.2 Å². The summed E-state index contributed by atoms with van der Waals surface area (Å²) < 4.78 is 1.82. The molecule has 0 saturated carbocycles. The summed E-state index contributed by atoms with van der Waals surface area (Å²) in [5.41, 5.74) is 10.9. The van der Waals surface area contributed by atoms with Gasteiger partial charge in [-0.2, -0.15) is 4.98 Å². The van der Waals surface area contributed by atoms with Crippen LogP contribution in [0.1, 0.15) is 41.6 Å². The van der Waals surface area contributed by atoms with Gasteiger partial charge in [-0.15, -0.1) is 5.10 Å². The molecular formula is C33H41ClN8O3. The van der Waals surface area contributed by atoms with E-state index in [2.05, 4.69) is 45.5 Å². The summed E-state index contributed by atoms with van der Waals surface area (Å²) in [5.74, 6) is 0.572. The number of nitrogens with two attached hydrogens (primary N) is 1. The second kappa shape index (κ2) is 14.3. The SMILES string of the molecule is CN1CCC(N(C)C(=O)c2ccc(Nc3nc4c(N5CCC(CN)(c6ccc(Cl)cc6)CC5)cccn4n3)cc2)CC1.O=CO. The van der Waals surface area contributed by atoms with Gasteiger partial charge in [0.25, 0.3) is 12.4 Å². The first-order chi connectivity index (χ1) is 21.8. The summed E-state index contributed by atoms with van der Waals surface area (Å²) in [6.07, 6.45) is 5.83. The molecule has 45 heavy (non-hydrogen) atoms. The normalized spacial score (nSPS) is 16.9. The number of carbonyl (C=O) groups excluding carboxylic acids is 1. The number of carboxylic acid groups (broad SMARTS) is 1. The fourth-order valence-electron chi connectivity index (χ4n) is 6.36. The third-order valence-corrected chi connectivity index (χ3v) is 9.45. The van der Waals surface area contributed by atoms with Crippen LogP contribution >= 0.6 is 11.6 Å². The molecule has 2 aliphatic rings. The molecule has 0 radical (unpaired) electrons. The number of aromatic nitrogens is 3. The van der Waals surface area contributed by atoms with Gasteiger partial charge in [0.2, 0.25) is 5.95 Å². The summed E-state index contributed by atoms with van der Waals surface area (Å²) in [6.45, 7) is 4.14. The number of halogens is 1. The van der Waals surface area contributed by atoms with Crippen molar-refractivity contribution in [3.05, 3.63) is 83.0 Å². The zero-order valence-corrected chi connectivity index (χ0v) is 26.5. The van der Waals surface area contributed by atoms with E-state index in [1.165, 1.54) is 5.56 Å². The zero-order valence-electron chi connectivity index (χ0n) is 25.8. The molecule has 0 aliphatic carbocycles. The number of anilines is 3. The van der Waals surface area contributed by atoms with Gasteiger partial charge in [-0.3, -0.25) is 9.59 Å². The standard InChI is InChI=1S/C32H39ClN8O.CH2O2/c1-38-18-13-27(14-19-38)39(2)30(42)23-5-11-26(12-6-23)35-31-36-29-28(4-3-17-41(29)37-31)40-20-15-32(22-34,16-21-40)24-7-9-25(33)10-8-24;2-1-3/h3-12,17,27H,13-16,18-22,34H2,1-2H3,(H,35,37);1H,(H,2,3). The molecule has 6 rings (SSSR count). The first-order valence-corrected chi connectivity index (χ1v) is 15.6. The molecule has 2 saturated heterocycles. The number of nitrogens with one attached hydrogen (secondary N) is 1. The van der Waals surface area contributed by atoms with Crippen molar-refractivity contribution < 1.29 is 14.7 Å². The van der Waals surface area contributed by atoms with Crippen molar-refractivity contribution >= 4 is 47.0 Å². The number of nitrogens with zero attached hydrogens (tertiary/aromatic N) is 6. The summed E-state index contributed by atoms with van der Waals surface area (Å²) in [4.78, 5) is 32.9. The lowest BCUT2D eigenvalue weighted by atomic mass is 9.73. The molecule has 4 aromatic rings. The Labute approximate surface area is 268 Å². The number of likely N-dealkylation sites (tertiary alicyclic amines) is 1. The van der Waals surface area contributed by atoms with Crippen molar-refractivity contribution in [1.82, 2.24) is 24.4 Å². The van der Waals surface area contributed by atoms with Crippen LogP contribution in [0.3, 0.4) is 0 Å². The predicted molar refractivity (Wildman–Crippen MR) is 178 cm³/mol. The molecule has 11 nitrogen and oxygen atoms in total. The summed E-state index contributed by atoms with van der Waals surface area (Å²) >= 11 is 6.14. The first-order valence-electron chi connectivity index (χ1n) is 15.2. The van der Waals surface area contributed by atoms with E-state index in [0.717, 1.165) is 73.9 Å². The Morgan fingerprint density at radius 3 is 2.36 bits per heavy atom. The highest BCUT2D eigenvalue weighted by atomic mass is 35.5. The Kier molecular flexibility index (Phi) is 10.2. The average Bonchev–Trinajstić information content (AvgIpc) is 3.48. The fourth-order valence-corrected chi connectivity index (χ4v) is 6.48. The Hall–Kier alpha value is -4.19. The molecule has 2 aliphatic heterocycles. The van der Waals surface area contributed by atoms with E-state index in [0.29, 0.717) is 18.1 Å². The molecule has 2 aromatic heterocycles. The second-order valence-electron chi connectivity index (χ2n) is 11.8. The minimum atomic E-state index is -0.250. The van der Waals surface area contributed by atoms with Crippen molar-refractivity contribution in [2.45, 2.75) is 37.1 Å². The molecule has 4 N–H and O–H groups in total. The maximum absolute atomic E-state index is 13.1. The van der Waals surface area contributed by atoms with E-state index in [1.54, 1.807) is 0 Å². The van der Waals surface area contributed by atoms with Crippen molar-refractivity contribution in [3.8, 4) is 0 Å². The molecular weight excluding hydrogens is 592 g/mol. The average molecular weight is 633 g/mol. The Morgan fingerprint density at radius 2 is 1.73 bits per heavy atom. The van der Waals surface area contributed by atoms with Crippen LogP contribution in [0.5, 0.6) is 0 Å². The highest BCUT2D eigenvalue weighted by Crippen LogP contribution is 2.37. The monoisotopic (exact) mass is 632 g/mol. The van der Waals surface area contributed by atoms with E-state index in [9.17, 15) is 4.79 Å². The van der Waals surface area contributed by atoms with Crippen LogP contribution in [0.15, 0.2) is 66.9 Å². The zero-order chi connectivity index (χ0) is 32.0. The van der Waals surface area contributed by atoms with Crippen LogP contribution in [0.2, 0.25) is 5.02 Å². The van der Waals surface area contributed by atoms with Gasteiger partial charge >= 0.3 is 0 Å². The molecule has 0 bridgehead atoms. The van der Waals surface area contributed by atoms with Crippen LogP contribution in [-0.4, -0.2) is 94.7 Å². The molecule has 12 heteroatoms. The number of hydrogen-bond acceptors (Lipinski definition) is 8. The number of amides is 1. The van der Waals surface area contributed by atoms with E-state index in [4.69, 9.17) is 32.2 Å². The van der Waals surface area contributed by atoms with Gasteiger partial charge < -0.3 is 30.9 Å². The van der Waals surface area contributed by atoms with Gasteiger partial charge in [0.1, 0.15) is 0 Å². The molecule has 0 unspecified atom stereocenters. The van der Waals surface area contributed by atoms with Gasteiger partial charge in [0, 0.05) is 60.6 Å². The number of carbonyl (C=O) groups is 2. The Bertz CT molecular complexity index is 1580. The van der Waals surface area contributed by atoms with Crippen molar-refractivity contribution in [1.29, 1.82) is 0 Å². The van der Waals surface area contributed by atoms with Crippen molar-refractivity contribution in [2.75, 3.05) is 57.0 Å². The highest BCUT2D eigenvalue weighted by Gasteiger charge is 2.35. The molecule has 238 valence electrons. The van der Waals surface area contributed by atoms with Gasteiger partial charge in [-0.25, -0.2) is 4.52 Å². The molecule has 0 spiro atoms. The maximum Gasteiger partial charge on any atom is 0.290 e. The van der Waals surface area contributed by atoms with Crippen LogP contribution < -0.4 is 16.0 Å². The van der Waals surface area contributed by atoms with Crippen LogP contribution in [0.25, 0.3) is 5.65 Å². The van der Waals surface area contributed by atoms with Crippen LogP contribution in [0.4, 0.5) is 17.3 Å². The van der Waals surface area contributed by atoms with Gasteiger partial charge in [-0.1, -0.05) is 23.7 Å². The lowest BCUT2D eigenvalue weighted by Crippen LogP contribution is -2.47. The largest absolute Gasteiger partial charge is 0.483 e. The molecule has 0 atom stereocenters. The quantitative estimate of drug-likeness (QED) is 0.252. The predicted octanol–water partition coefficient (Wildman–Crippen LogP) is 4.49. The highest BCUT2D eigenvalue weighted by molar-refractivity contribution is 6.30. The second-order valence-corrected chi connectivity index (χ2v) is 12.3. The molecule has 2 fully saturated rings. The smallest absolute Gasteiger partial charge is 0.290 e. The molecule has 2 aromatic carbocycles. The Morgan fingerprint density at radius 1 is 1.09 bits per heavy atom. The lowest BCUT2D eigenvalue weighted by Gasteiger charge is -2.42. The number of benzene rings is 2. The number of rotatable bonds is 7. The fraction of sp³-hybridized carbons (Fsp3) is 0.394. The Balaban J connectivity index is 0.00000128. The van der Waals surface area contributed by atoms with Crippen molar-refractivity contribution in [2.24, 2.45) is 5.73 Å². The van der Waals surface area contributed by atoms with Crippen LogP contribution in [0, 0.1) is 0 Å². The maximum atomic E-state index is 13.1. The third-order valence-electron chi connectivity index (χ3n) is 9.19. The topological polar surface area (TPSA) is 132 Å². The number of hydrogen-bond donors (Lipinski definition) is 3. The van der Waals surface area contributed by atoms with E-state index >= 15 is 0 Å². The van der Waals surface area contributed by atoms with Crippen molar-refractivity contribution in [3.63, 3.8) is 0 Å². The van der Waals surface area contributed by atoms with Gasteiger partial charge in [0.15, 0.2) is 5.65 Å². The van der Waals surface area contributed by atoms with Gasteiger partial charge in [0.05, 0.1) is 5.69 Å². The van der Waals surface area contributed by atoms with Gasteiger partial charge in [-0.05, 0) is 99.9 Å². The number of fused-ring (bicyclic) bond motifs is 1. The number of pyridine rings is 1. The van der Waals surface area contributed by atoms with E-state index < -0.39 is 0 Å². The summed E-state index contributed by atoms with van der Waals surface area (Å²) in [7, 11) is 4.05. The lowest BCUT2D eigenvalue weighted by molar-refractivity contribution is -0.122. The van der Waals surface area contributed by atoms with E-state index in [-0.39, 0.29) is 23.8 Å². The first kappa shape index (κ1) is 32.2. The minimum absolute atomic E-state index is 0.0536. The number of piperidine rings is 2. The molecule has 4 heterocycles. The molecule has 1 amide bonds. The minimum Gasteiger partial charge on any atom is -0.483 e. The van der Waals surface area contributed by atoms with E-state index in [1.807, 2.05) is 65.1 Å².